The van der Waals surface area contributed by atoms with Crippen LogP contribution in [0, 0.1) is 0 Å². The van der Waals surface area contributed by atoms with Crippen LogP contribution in [-0.4, -0.2) is 65.4 Å². The molecular weight excluding hydrogens is 424 g/mol. The number of aliphatic hydroxyl groups is 1. The lowest BCUT2D eigenvalue weighted by Gasteiger charge is -2.40. The molecule has 7 nitrogen and oxygen atoms in total. The van der Waals surface area contributed by atoms with E-state index in [0.717, 1.165) is 55.2 Å². The molecule has 5 rings (SSSR count). The fraction of sp³-hybridized carbons (Fsp3) is 0.444. The van der Waals surface area contributed by atoms with Gasteiger partial charge in [-0.2, -0.15) is 0 Å². The summed E-state index contributed by atoms with van der Waals surface area (Å²) in [6, 6.07) is 13.0. The van der Waals surface area contributed by atoms with Crippen molar-refractivity contribution < 1.29 is 5.11 Å². The van der Waals surface area contributed by atoms with Crippen molar-refractivity contribution in [2.45, 2.75) is 44.0 Å². The Balaban J connectivity index is 1.19. The van der Waals surface area contributed by atoms with Gasteiger partial charge in [0.2, 0.25) is 0 Å². The molecule has 0 spiro atoms. The number of allylic oxidation sites excluding steroid dienone is 1. The zero-order valence-electron chi connectivity index (χ0n) is 20.2. The summed E-state index contributed by atoms with van der Waals surface area (Å²) in [6.07, 6.45) is 8.25. The van der Waals surface area contributed by atoms with E-state index in [2.05, 4.69) is 81.8 Å². The van der Waals surface area contributed by atoms with Crippen molar-refractivity contribution in [2.24, 2.45) is 0 Å². The first-order chi connectivity index (χ1) is 16.4. The molecule has 34 heavy (non-hydrogen) atoms. The first-order valence-corrected chi connectivity index (χ1v) is 12.3. The maximum Gasteiger partial charge on any atom is 0.115 e. The van der Waals surface area contributed by atoms with Crippen LogP contribution in [-0.2, 0) is 18.4 Å². The van der Waals surface area contributed by atoms with Gasteiger partial charge in [-0.3, -0.25) is 4.98 Å². The van der Waals surface area contributed by atoms with E-state index >= 15 is 0 Å². The highest BCUT2D eigenvalue weighted by Crippen LogP contribution is 2.36. The summed E-state index contributed by atoms with van der Waals surface area (Å²) >= 11 is 0. The van der Waals surface area contributed by atoms with E-state index in [-0.39, 0.29) is 12.2 Å². The Hall–Kier alpha value is -2.87. The summed E-state index contributed by atoms with van der Waals surface area (Å²) in [6.45, 7) is 10.0. The first kappa shape index (κ1) is 22.9. The highest BCUT2D eigenvalue weighted by molar-refractivity contribution is 5.56. The number of nitrogens with zero attached hydrogens (tertiary/aromatic N) is 4. The maximum absolute atomic E-state index is 11.2. The molecule has 3 aliphatic rings. The number of fused-ring (bicyclic) bond motifs is 1. The number of rotatable bonds is 6. The lowest BCUT2D eigenvalue weighted by atomic mass is 9.80. The summed E-state index contributed by atoms with van der Waals surface area (Å²) in [5.74, 6) is 0. The molecule has 1 fully saturated rings. The Labute approximate surface area is 202 Å². The van der Waals surface area contributed by atoms with E-state index in [9.17, 15) is 5.11 Å². The molecule has 180 valence electrons. The van der Waals surface area contributed by atoms with Gasteiger partial charge >= 0.3 is 0 Å². The fourth-order valence-electron chi connectivity index (χ4n) is 5.24. The van der Waals surface area contributed by atoms with Gasteiger partial charge < -0.3 is 25.2 Å². The van der Waals surface area contributed by atoms with Crippen LogP contribution in [0.2, 0.25) is 0 Å². The molecule has 3 heterocycles. The van der Waals surface area contributed by atoms with Crippen LogP contribution in [0.15, 0.2) is 61.3 Å². The van der Waals surface area contributed by atoms with E-state index in [1.54, 1.807) is 0 Å². The standard InChI is InChI=1S/C27H36N6O/c1-4-5-21-7-6-20-18-24(19-27(2,34)26(20)29-21)33-13-12-25(30-33)28-22-8-10-23(11-9-22)32-16-14-31(3)15-17-32/h4,6-13,24-25,28,30,34H,1,5,14-19H2,2-3H3. The number of aromatic nitrogens is 1. The van der Waals surface area contributed by atoms with Crippen LogP contribution in [0.5, 0.6) is 0 Å². The van der Waals surface area contributed by atoms with Crippen molar-refractivity contribution >= 4 is 11.4 Å². The van der Waals surface area contributed by atoms with Crippen molar-refractivity contribution in [2.75, 3.05) is 43.4 Å². The van der Waals surface area contributed by atoms with Gasteiger partial charge in [0, 0.05) is 62.3 Å². The maximum atomic E-state index is 11.2. The summed E-state index contributed by atoms with van der Waals surface area (Å²) in [7, 11) is 2.18. The highest BCUT2D eigenvalue weighted by atomic mass is 16.3. The molecule has 2 aromatic rings. The van der Waals surface area contributed by atoms with Gasteiger partial charge in [-0.15, -0.1) is 6.58 Å². The topological polar surface area (TPSA) is 66.9 Å². The van der Waals surface area contributed by atoms with Gasteiger partial charge in [-0.05, 0) is 62.4 Å². The largest absolute Gasteiger partial charge is 0.384 e. The van der Waals surface area contributed by atoms with E-state index < -0.39 is 5.60 Å². The fourth-order valence-corrected chi connectivity index (χ4v) is 5.24. The SMILES string of the molecule is C=CCc1ccc2c(n1)C(C)(O)CC(N1C=CC(Nc3ccc(N4CCN(C)CC4)cc3)N1)C2. The molecule has 3 N–H and O–H groups in total. The zero-order valence-corrected chi connectivity index (χ0v) is 20.2. The number of nitrogens with one attached hydrogen (secondary N) is 2. The van der Waals surface area contributed by atoms with Crippen molar-refractivity contribution in [1.82, 2.24) is 20.3 Å². The van der Waals surface area contributed by atoms with Gasteiger partial charge in [0.05, 0.1) is 11.7 Å². The quantitative estimate of drug-likeness (QED) is 0.573. The summed E-state index contributed by atoms with van der Waals surface area (Å²) in [5.41, 5.74) is 7.82. The first-order valence-electron chi connectivity index (χ1n) is 12.3. The summed E-state index contributed by atoms with van der Waals surface area (Å²) < 4.78 is 0. The second-order valence-corrected chi connectivity index (χ2v) is 9.98. The Kier molecular flexibility index (Phi) is 6.34. The molecule has 7 heteroatoms. The van der Waals surface area contributed by atoms with Gasteiger partial charge in [0.25, 0.3) is 0 Å². The third-order valence-corrected chi connectivity index (χ3v) is 7.17. The van der Waals surface area contributed by atoms with Crippen LogP contribution in [0.25, 0.3) is 0 Å². The molecule has 1 aliphatic carbocycles. The predicted octanol–water partition coefficient (Wildman–Crippen LogP) is 2.86. The number of hydrazine groups is 1. The average Bonchev–Trinajstić information content (AvgIpc) is 3.29. The number of anilines is 2. The predicted molar refractivity (Wildman–Crippen MR) is 137 cm³/mol. The van der Waals surface area contributed by atoms with Crippen LogP contribution in [0.4, 0.5) is 11.4 Å². The normalized spacial score (nSPS) is 27.0. The van der Waals surface area contributed by atoms with Crippen molar-refractivity contribution in [3.63, 3.8) is 0 Å². The molecule has 0 amide bonds. The van der Waals surface area contributed by atoms with Crippen molar-refractivity contribution in [3.8, 4) is 0 Å². The van der Waals surface area contributed by atoms with Crippen LogP contribution < -0.4 is 15.6 Å². The molecule has 0 bridgehead atoms. The van der Waals surface area contributed by atoms with Crippen LogP contribution in [0.1, 0.15) is 30.3 Å². The molecule has 3 atom stereocenters. The molecule has 2 aliphatic heterocycles. The van der Waals surface area contributed by atoms with Crippen molar-refractivity contribution in [1.29, 1.82) is 0 Å². The molecule has 0 saturated carbocycles. The smallest absolute Gasteiger partial charge is 0.115 e. The monoisotopic (exact) mass is 460 g/mol. The number of piperazine rings is 1. The molecular formula is C27H36N6O. The van der Waals surface area contributed by atoms with Gasteiger partial charge in [-0.25, -0.2) is 5.43 Å². The lowest BCUT2D eigenvalue weighted by molar-refractivity contribution is 0.000462. The summed E-state index contributed by atoms with van der Waals surface area (Å²) in [5, 5.41) is 16.9. The number of pyridine rings is 1. The Bertz CT molecular complexity index is 1040. The average molecular weight is 461 g/mol. The second-order valence-electron chi connectivity index (χ2n) is 9.98. The van der Waals surface area contributed by atoms with Crippen LogP contribution >= 0.6 is 0 Å². The van der Waals surface area contributed by atoms with Gasteiger partial charge in [0.1, 0.15) is 11.8 Å². The number of hydrogen-bond donors (Lipinski definition) is 3. The van der Waals surface area contributed by atoms with E-state index in [4.69, 9.17) is 4.98 Å². The third-order valence-electron chi connectivity index (χ3n) is 7.17. The second kappa shape index (κ2) is 9.41. The Morgan fingerprint density at radius 1 is 1.18 bits per heavy atom. The minimum Gasteiger partial charge on any atom is -0.384 e. The molecule has 1 aromatic heterocycles. The molecule has 3 unspecified atom stereocenters. The minimum absolute atomic E-state index is 0.00826. The number of benzene rings is 1. The number of hydrogen-bond acceptors (Lipinski definition) is 7. The third kappa shape index (κ3) is 4.82. The van der Waals surface area contributed by atoms with Crippen molar-refractivity contribution in [3.05, 3.63) is 78.3 Å². The minimum atomic E-state index is -0.963. The highest BCUT2D eigenvalue weighted by Gasteiger charge is 2.39. The van der Waals surface area contributed by atoms with E-state index in [1.807, 2.05) is 19.1 Å². The zero-order chi connectivity index (χ0) is 23.7. The number of likely N-dealkylation sites (N-methyl/N-ethyl adjacent to an activating group) is 1. The lowest BCUT2D eigenvalue weighted by Crippen LogP contribution is -2.50. The van der Waals surface area contributed by atoms with E-state index in [0.29, 0.717) is 12.8 Å². The van der Waals surface area contributed by atoms with Gasteiger partial charge in [0.15, 0.2) is 0 Å². The van der Waals surface area contributed by atoms with E-state index in [1.165, 1.54) is 5.69 Å². The molecule has 0 radical (unpaired) electrons. The van der Waals surface area contributed by atoms with Gasteiger partial charge in [-0.1, -0.05) is 12.1 Å². The molecule has 1 saturated heterocycles. The van der Waals surface area contributed by atoms with Crippen LogP contribution in [0.3, 0.4) is 0 Å². The molecule has 1 aromatic carbocycles. The Morgan fingerprint density at radius 3 is 2.68 bits per heavy atom. The summed E-state index contributed by atoms with van der Waals surface area (Å²) in [4.78, 5) is 9.55. The Morgan fingerprint density at radius 2 is 1.94 bits per heavy atom.